The van der Waals surface area contributed by atoms with Crippen LogP contribution in [0.5, 0.6) is 0 Å². The molecule has 8 nitrogen and oxygen atoms in total. The van der Waals surface area contributed by atoms with E-state index in [1.165, 1.54) is 18.4 Å². The highest BCUT2D eigenvalue weighted by Crippen LogP contribution is 2.29. The number of nitrogens with zero attached hydrogens (tertiary/aromatic N) is 5. The van der Waals surface area contributed by atoms with Crippen molar-refractivity contribution in [1.82, 2.24) is 30.1 Å². The van der Waals surface area contributed by atoms with Crippen LogP contribution in [0.25, 0.3) is 10.9 Å². The smallest absolute Gasteiger partial charge is 0.252 e. The van der Waals surface area contributed by atoms with Gasteiger partial charge in [-0.25, -0.2) is 4.68 Å². The van der Waals surface area contributed by atoms with Crippen molar-refractivity contribution in [2.24, 2.45) is 0 Å². The fraction of sp³-hybridized carbons (Fsp3) is 0.565. The lowest BCUT2D eigenvalue weighted by Crippen LogP contribution is -2.34. The molecule has 1 saturated heterocycles. The van der Waals surface area contributed by atoms with E-state index in [1.807, 2.05) is 22.9 Å². The van der Waals surface area contributed by atoms with Crippen LogP contribution in [0.1, 0.15) is 61.5 Å². The molecular weight excluding hydrogens is 392 g/mol. The van der Waals surface area contributed by atoms with E-state index < -0.39 is 0 Å². The lowest BCUT2D eigenvalue weighted by atomic mass is 10.1. The number of rotatable bonds is 7. The summed E-state index contributed by atoms with van der Waals surface area (Å²) in [5.74, 6) is 0.873. The minimum absolute atomic E-state index is 0.0379. The molecule has 2 fully saturated rings. The monoisotopic (exact) mass is 422 g/mol. The molecule has 1 aromatic carbocycles. The molecule has 0 radical (unpaired) electrons. The molecule has 1 atom stereocenters. The number of benzene rings is 1. The second-order valence-electron chi connectivity index (χ2n) is 9.00. The Balaban J connectivity index is 1.41. The van der Waals surface area contributed by atoms with E-state index in [0.717, 1.165) is 61.1 Å². The number of fused-ring (bicyclic) bond motifs is 1. The number of aromatic amines is 1. The Hall–Kier alpha value is -2.58. The quantitative estimate of drug-likeness (QED) is 0.629. The van der Waals surface area contributed by atoms with E-state index in [0.29, 0.717) is 19.1 Å². The van der Waals surface area contributed by atoms with E-state index in [-0.39, 0.29) is 11.7 Å². The van der Waals surface area contributed by atoms with Crippen LogP contribution >= 0.6 is 0 Å². The summed E-state index contributed by atoms with van der Waals surface area (Å²) in [6.07, 6.45) is 7.06. The van der Waals surface area contributed by atoms with Crippen LogP contribution in [0.15, 0.2) is 29.1 Å². The molecule has 1 N–H and O–H groups in total. The number of tetrazole rings is 1. The maximum absolute atomic E-state index is 12.8. The molecule has 5 rings (SSSR count). The Labute approximate surface area is 181 Å². The molecule has 3 heterocycles. The maximum atomic E-state index is 12.8. The molecule has 0 unspecified atom stereocenters. The molecule has 31 heavy (non-hydrogen) atoms. The Morgan fingerprint density at radius 3 is 2.84 bits per heavy atom. The van der Waals surface area contributed by atoms with Crippen molar-refractivity contribution in [1.29, 1.82) is 0 Å². The Morgan fingerprint density at radius 2 is 2.03 bits per heavy atom. The predicted octanol–water partition coefficient (Wildman–Crippen LogP) is 3.12. The standard InChI is InChI=1S/C23H30N6O2/c1-16-8-9-21-17(11-16)12-18(23(30)24-21)13-28(14-20-7-4-10-31-20)15-22-25-26-27-29(22)19-5-2-3-6-19/h8-9,11-12,19-20H,2-7,10,13-15H2,1H3,(H,24,30)/t20-/m0/s1. The van der Waals surface area contributed by atoms with Gasteiger partial charge in [0.1, 0.15) is 0 Å². The molecule has 1 aliphatic heterocycles. The second kappa shape index (κ2) is 8.88. The highest BCUT2D eigenvalue weighted by molar-refractivity contribution is 5.79. The van der Waals surface area contributed by atoms with Crippen molar-refractivity contribution in [3.05, 3.63) is 51.6 Å². The molecule has 0 spiro atoms. The fourth-order valence-corrected chi connectivity index (χ4v) is 4.94. The van der Waals surface area contributed by atoms with Gasteiger partial charge in [-0.15, -0.1) is 5.10 Å². The van der Waals surface area contributed by atoms with Gasteiger partial charge in [0, 0.05) is 30.8 Å². The number of pyridine rings is 1. The molecule has 2 aliphatic rings. The summed E-state index contributed by atoms with van der Waals surface area (Å²) in [7, 11) is 0. The highest BCUT2D eigenvalue weighted by Gasteiger charge is 2.25. The van der Waals surface area contributed by atoms with Crippen molar-refractivity contribution in [2.75, 3.05) is 13.2 Å². The molecule has 0 bridgehead atoms. The van der Waals surface area contributed by atoms with E-state index in [1.54, 1.807) is 0 Å². The topological polar surface area (TPSA) is 88.9 Å². The van der Waals surface area contributed by atoms with Gasteiger partial charge in [-0.2, -0.15) is 0 Å². The first-order valence-electron chi connectivity index (χ1n) is 11.4. The van der Waals surface area contributed by atoms with Gasteiger partial charge < -0.3 is 9.72 Å². The Morgan fingerprint density at radius 1 is 1.16 bits per heavy atom. The van der Waals surface area contributed by atoms with Gasteiger partial charge in [-0.3, -0.25) is 9.69 Å². The summed E-state index contributed by atoms with van der Waals surface area (Å²) in [6, 6.07) is 8.51. The summed E-state index contributed by atoms with van der Waals surface area (Å²) in [6.45, 7) is 4.79. The molecule has 8 heteroatoms. The maximum Gasteiger partial charge on any atom is 0.252 e. The third kappa shape index (κ3) is 4.55. The SMILES string of the molecule is Cc1ccc2[nH]c(=O)c(CN(Cc3nnnn3C3CCCC3)C[C@@H]3CCCO3)cc2c1. The van der Waals surface area contributed by atoms with Gasteiger partial charge in [0.05, 0.1) is 18.7 Å². The Bertz CT molecular complexity index is 1090. The van der Waals surface area contributed by atoms with Crippen LogP contribution in [-0.4, -0.2) is 49.3 Å². The van der Waals surface area contributed by atoms with Crippen molar-refractivity contribution in [3.63, 3.8) is 0 Å². The van der Waals surface area contributed by atoms with E-state index in [9.17, 15) is 4.79 Å². The number of H-pyrrole nitrogens is 1. The summed E-state index contributed by atoms with van der Waals surface area (Å²) < 4.78 is 7.90. The first kappa shape index (κ1) is 20.3. The van der Waals surface area contributed by atoms with Crippen molar-refractivity contribution in [2.45, 2.75) is 70.7 Å². The number of hydrogen-bond donors (Lipinski definition) is 1. The van der Waals surface area contributed by atoms with Crippen LogP contribution in [-0.2, 0) is 17.8 Å². The van der Waals surface area contributed by atoms with Gasteiger partial charge >= 0.3 is 0 Å². The number of ether oxygens (including phenoxy) is 1. The van der Waals surface area contributed by atoms with E-state index in [4.69, 9.17) is 4.74 Å². The van der Waals surface area contributed by atoms with Crippen LogP contribution < -0.4 is 5.56 Å². The minimum Gasteiger partial charge on any atom is -0.377 e. The molecule has 1 aliphatic carbocycles. The molecule has 2 aromatic heterocycles. The first-order valence-corrected chi connectivity index (χ1v) is 11.4. The average molecular weight is 423 g/mol. The van der Waals surface area contributed by atoms with Crippen molar-refractivity contribution < 1.29 is 4.74 Å². The van der Waals surface area contributed by atoms with Gasteiger partial charge in [-0.05, 0) is 66.6 Å². The molecular formula is C23H30N6O2. The predicted molar refractivity (Wildman–Crippen MR) is 118 cm³/mol. The summed E-state index contributed by atoms with van der Waals surface area (Å²) in [5.41, 5.74) is 2.77. The zero-order valence-corrected chi connectivity index (χ0v) is 18.1. The van der Waals surface area contributed by atoms with Gasteiger partial charge in [-0.1, -0.05) is 24.5 Å². The molecule has 164 valence electrons. The minimum atomic E-state index is -0.0379. The number of aromatic nitrogens is 5. The van der Waals surface area contributed by atoms with Gasteiger partial charge in [0.15, 0.2) is 5.82 Å². The number of aryl methyl sites for hydroxylation is 1. The highest BCUT2D eigenvalue weighted by atomic mass is 16.5. The van der Waals surface area contributed by atoms with Crippen LogP contribution in [0.3, 0.4) is 0 Å². The Kier molecular flexibility index (Phi) is 5.82. The zero-order chi connectivity index (χ0) is 21.2. The van der Waals surface area contributed by atoms with Crippen LogP contribution in [0, 0.1) is 6.92 Å². The second-order valence-corrected chi connectivity index (χ2v) is 9.00. The summed E-state index contributed by atoms with van der Waals surface area (Å²) >= 11 is 0. The first-order chi connectivity index (χ1) is 15.2. The van der Waals surface area contributed by atoms with E-state index >= 15 is 0 Å². The van der Waals surface area contributed by atoms with Crippen molar-refractivity contribution >= 4 is 10.9 Å². The normalized spacial score (nSPS) is 19.7. The molecule has 0 amide bonds. The van der Waals surface area contributed by atoms with Crippen molar-refractivity contribution in [3.8, 4) is 0 Å². The van der Waals surface area contributed by atoms with Crippen LogP contribution in [0.2, 0.25) is 0 Å². The van der Waals surface area contributed by atoms with Gasteiger partial charge in [0.25, 0.3) is 5.56 Å². The lowest BCUT2D eigenvalue weighted by Gasteiger charge is -2.25. The largest absolute Gasteiger partial charge is 0.377 e. The third-order valence-corrected chi connectivity index (χ3v) is 6.55. The van der Waals surface area contributed by atoms with E-state index in [2.05, 4.69) is 38.4 Å². The summed E-state index contributed by atoms with van der Waals surface area (Å²) in [5, 5.41) is 13.6. The van der Waals surface area contributed by atoms with Crippen LogP contribution in [0.4, 0.5) is 0 Å². The average Bonchev–Trinajstić information content (AvgIpc) is 3.51. The zero-order valence-electron chi connectivity index (χ0n) is 18.1. The lowest BCUT2D eigenvalue weighted by molar-refractivity contribution is 0.0661. The number of hydrogen-bond acceptors (Lipinski definition) is 6. The molecule has 3 aromatic rings. The molecule has 1 saturated carbocycles. The number of nitrogens with one attached hydrogen (secondary N) is 1. The summed E-state index contributed by atoms with van der Waals surface area (Å²) in [4.78, 5) is 18.1. The van der Waals surface area contributed by atoms with Gasteiger partial charge in [0.2, 0.25) is 0 Å². The third-order valence-electron chi connectivity index (χ3n) is 6.55. The fourth-order valence-electron chi connectivity index (χ4n) is 4.94.